The van der Waals surface area contributed by atoms with Gasteiger partial charge in [-0.15, -0.1) is 0 Å². The van der Waals surface area contributed by atoms with Crippen LogP contribution in [0.25, 0.3) is 0 Å². The minimum atomic E-state index is -4.14. The van der Waals surface area contributed by atoms with Crippen LogP contribution in [0.5, 0.6) is 0 Å². The van der Waals surface area contributed by atoms with Gasteiger partial charge in [-0.05, 0) is 26.2 Å². The van der Waals surface area contributed by atoms with E-state index >= 15 is 0 Å². The minimum Gasteiger partial charge on any atom is -0.312 e. The molecule has 17 heavy (non-hydrogen) atoms. The Morgan fingerprint density at radius 1 is 1.47 bits per heavy atom. The molecular weight excluding hydrogens is 229 g/mol. The molecule has 0 aromatic carbocycles. The lowest BCUT2D eigenvalue weighted by atomic mass is 10.1. The van der Waals surface area contributed by atoms with E-state index in [1.807, 2.05) is 0 Å². The molecular formula is C12H19F3N2. The Morgan fingerprint density at radius 3 is 2.65 bits per heavy atom. The summed E-state index contributed by atoms with van der Waals surface area (Å²) in [5, 5.41) is 3.41. The standard InChI is InChI=1S/C12H19F3N2/c1-9(8-16-11-2-3-11)17-6-4-10(5-7-17)12(13,14)15/h4,9,11,16H,2-3,5-8H2,1H3. The van der Waals surface area contributed by atoms with Crippen molar-refractivity contribution in [3.05, 3.63) is 11.6 Å². The number of halogens is 3. The molecule has 0 saturated heterocycles. The lowest BCUT2D eigenvalue weighted by molar-refractivity contribution is -0.0963. The van der Waals surface area contributed by atoms with Crippen LogP contribution in [0.2, 0.25) is 0 Å². The quantitative estimate of drug-likeness (QED) is 0.768. The summed E-state index contributed by atoms with van der Waals surface area (Å²) in [4.78, 5) is 2.10. The molecule has 2 nitrogen and oxygen atoms in total. The number of hydrogen-bond donors (Lipinski definition) is 1. The number of hydrogen-bond acceptors (Lipinski definition) is 2. The molecule has 1 atom stereocenters. The average molecular weight is 248 g/mol. The second-order valence-electron chi connectivity index (χ2n) is 5.00. The first-order valence-electron chi connectivity index (χ1n) is 6.20. The van der Waals surface area contributed by atoms with E-state index in [9.17, 15) is 13.2 Å². The third kappa shape index (κ3) is 3.71. The minimum absolute atomic E-state index is 0.122. The normalized spacial score (nSPS) is 24.6. The third-order valence-corrected chi connectivity index (χ3v) is 3.51. The Labute approximate surface area is 99.9 Å². The molecule has 1 aliphatic heterocycles. The number of rotatable bonds is 4. The molecule has 98 valence electrons. The molecule has 1 fully saturated rings. The van der Waals surface area contributed by atoms with Crippen LogP contribution < -0.4 is 5.32 Å². The van der Waals surface area contributed by atoms with Gasteiger partial charge >= 0.3 is 6.18 Å². The van der Waals surface area contributed by atoms with Crippen molar-refractivity contribution in [2.24, 2.45) is 0 Å². The second kappa shape index (κ2) is 4.98. The number of nitrogens with one attached hydrogen (secondary N) is 1. The smallest absolute Gasteiger partial charge is 0.312 e. The second-order valence-corrected chi connectivity index (χ2v) is 5.00. The Kier molecular flexibility index (Phi) is 3.78. The molecule has 1 unspecified atom stereocenters. The molecule has 0 amide bonds. The largest absolute Gasteiger partial charge is 0.412 e. The summed E-state index contributed by atoms with van der Waals surface area (Å²) < 4.78 is 37.3. The summed E-state index contributed by atoms with van der Waals surface area (Å²) in [5.41, 5.74) is -0.365. The van der Waals surface area contributed by atoms with Crippen molar-refractivity contribution in [1.29, 1.82) is 0 Å². The molecule has 1 N–H and O–H groups in total. The highest BCUT2D eigenvalue weighted by molar-refractivity contribution is 5.13. The maximum atomic E-state index is 12.4. The van der Waals surface area contributed by atoms with E-state index in [1.54, 1.807) is 0 Å². The van der Waals surface area contributed by atoms with E-state index in [0.29, 0.717) is 25.2 Å². The molecule has 2 rings (SSSR count). The van der Waals surface area contributed by atoms with Crippen molar-refractivity contribution in [3.8, 4) is 0 Å². The summed E-state index contributed by atoms with van der Waals surface area (Å²) in [6.07, 6.45) is -0.203. The van der Waals surface area contributed by atoms with Crippen LogP contribution in [0.3, 0.4) is 0 Å². The van der Waals surface area contributed by atoms with Crippen LogP contribution in [0, 0.1) is 0 Å². The van der Waals surface area contributed by atoms with Gasteiger partial charge in [0.15, 0.2) is 0 Å². The Balaban J connectivity index is 1.78. The number of nitrogens with zero attached hydrogens (tertiary/aromatic N) is 1. The summed E-state index contributed by atoms with van der Waals surface area (Å²) in [6.45, 7) is 3.88. The zero-order valence-corrected chi connectivity index (χ0v) is 10.1. The summed E-state index contributed by atoms with van der Waals surface area (Å²) in [6, 6.07) is 0.963. The van der Waals surface area contributed by atoms with Crippen molar-refractivity contribution in [2.45, 2.75) is 44.4 Å². The van der Waals surface area contributed by atoms with Crippen LogP contribution in [-0.2, 0) is 0 Å². The molecule has 0 radical (unpaired) electrons. The topological polar surface area (TPSA) is 15.3 Å². The highest BCUT2D eigenvalue weighted by atomic mass is 19.4. The van der Waals surface area contributed by atoms with Crippen molar-refractivity contribution >= 4 is 0 Å². The highest BCUT2D eigenvalue weighted by Crippen LogP contribution is 2.30. The predicted octanol–water partition coefficient (Wildman–Crippen LogP) is 2.32. The zero-order valence-electron chi connectivity index (χ0n) is 10.1. The molecule has 2 aliphatic rings. The predicted molar refractivity (Wildman–Crippen MR) is 60.8 cm³/mol. The first kappa shape index (κ1) is 12.9. The van der Waals surface area contributed by atoms with E-state index in [1.165, 1.54) is 18.9 Å². The maximum absolute atomic E-state index is 12.4. The van der Waals surface area contributed by atoms with Gasteiger partial charge in [-0.25, -0.2) is 0 Å². The Hall–Kier alpha value is -0.550. The first-order chi connectivity index (χ1) is 7.97. The molecule has 1 saturated carbocycles. The molecule has 0 bridgehead atoms. The molecule has 5 heteroatoms. The maximum Gasteiger partial charge on any atom is 0.412 e. The van der Waals surface area contributed by atoms with Gasteiger partial charge in [0.1, 0.15) is 0 Å². The average Bonchev–Trinajstić information content (AvgIpc) is 3.09. The SMILES string of the molecule is CC(CNC1CC1)N1CC=C(C(F)(F)F)CC1. The lowest BCUT2D eigenvalue weighted by Gasteiger charge is -2.32. The van der Waals surface area contributed by atoms with Crippen LogP contribution >= 0.6 is 0 Å². The van der Waals surface area contributed by atoms with Gasteiger partial charge in [-0.2, -0.15) is 13.2 Å². The summed E-state index contributed by atoms with van der Waals surface area (Å²) >= 11 is 0. The summed E-state index contributed by atoms with van der Waals surface area (Å²) in [5.74, 6) is 0. The lowest BCUT2D eigenvalue weighted by Crippen LogP contribution is -2.43. The fourth-order valence-corrected chi connectivity index (χ4v) is 2.10. The Bertz CT molecular complexity index is 295. The highest BCUT2D eigenvalue weighted by Gasteiger charge is 2.35. The number of alkyl halides is 3. The fraction of sp³-hybridized carbons (Fsp3) is 0.833. The van der Waals surface area contributed by atoms with Crippen molar-refractivity contribution < 1.29 is 13.2 Å². The summed E-state index contributed by atoms with van der Waals surface area (Å²) in [7, 11) is 0. The van der Waals surface area contributed by atoms with Crippen LogP contribution in [0.4, 0.5) is 13.2 Å². The molecule has 0 aromatic heterocycles. The zero-order chi connectivity index (χ0) is 12.5. The first-order valence-corrected chi connectivity index (χ1v) is 6.20. The van der Waals surface area contributed by atoms with Gasteiger partial charge in [-0.3, -0.25) is 4.90 Å². The van der Waals surface area contributed by atoms with Crippen molar-refractivity contribution in [3.63, 3.8) is 0 Å². The Morgan fingerprint density at radius 2 is 2.18 bits per heavy atom. The van der Waals surface area contributed by atoms with E-state index in [4.69, 9.17) is 0 Å². The van der Waals surface area contributed by atoms with Crippen LogP contribution in [-0.4, -0.2) is 42.8 Å². The van der Waals surface area contributed by atoms with Crippen LogP contribution in [0.1, 0.15) is 26.2 Å². The van der Waals surface area contributed by atoms with Gasteiger partial charge in [-0.1, -0.05) is 6.08 Å². The molecule has 1 aliphatic carbocycles. The monoisotopic (exact) mass is 248 g/mol. The van der Waals surface area contributed by atoms with E-state index < -0.39 is 6.18 Å². The molecule has 1 heterocycles. The van der Waals surface area contributed by atoms with Gasteiger partial charge in [0, 0.05) is 37.3 Å². The van der Waals surface area contributed by atoms with Gasteiger partial charge in [0.05, 0.1) is 0 Å². The molecule has 0 spiro atoms. The fourth-order valence-electron chi connectivity index (χ4n) is 2.10. The van der Waals surface area contributed by atoms with E-state index in [2.05, 4.69) is 17.1 Å². The van der Waals surface area contributed by atoms with E-state index in [0.717, 1.165) is 6.54 Å². The van der Waals surface area contributed by atoms with Gasteiger partial charge < -0.3 is 5.32 Å². The third-order valence-electron chi connectivity index (χ3n) is 3.51. The molecule has 0 aromatic rings. The van der Waals surface area contributed by atoms with Gasteiger partial charge in [0.25, 0.3) is 0 Å². The van der Waals surface area contributed by atoms with Crippen molar-refractivity contribution in [1.82, 2.24) is 10.2 Å². The van der Waals surface area contributed by atoms with Gasteiger partial charge in [0.2, 0.25) is 0 Å². The van der Waals surface area contributed by atoms with E-state index in [-0.39, 0.29) is 12.0 Å². The van der Waals surface area contributed by atoms with Crippen LogP contribution in [0.15, 0.2) is 11.6 Å². The van der Waals surface area contributed by atoms with Crippen molar-refractivity contribution in [2.75, 3.05) is 19.6 Å².